The highest BCUT2D eigenvalue weighted by molar-refractivity contribution is 8.01. The molecule has 3 aromatic rings. The zero-order valence-corrected chi connectivity index (χ0v) is 14.2. The lowest BCUT2D eigenvalue weighted by Gasteiger charge is -2.16. The maximum absolute atomic E-state index is 12.8. The van der Waals surface area contributed by atoms with Crippen LogP contribution in [0.5, 0.6) is 0 Å². The van der Waals surface area contributed by atoms with Gasteiger partial charge in [0.15, 0.2) is 4.34 Å². The van der Waals surface area contributed by atoms with Gasteiger partial charge in [-0.3, -0.25) is 4.79 Å². The summed E-state index contributed by atoms with van der Waals surface area (Å²) in [5.41, 5.74) is 2.94. The smallest absolute Gasteiger partial charge is 0.242 e. The summed E-state index contributed by atoms with van der Waals surface area (Å²) in [7, 11) is 0. The number of nitrogens with zero attached hydrogens (tertiary/aromatic N) is 1. The maximum atomic E-state index is 12.8. The Labute approximate surface area is 143 Å². The number of carbonyl (C=O) groups excluding carboxylic acids is 1. The van der Waals surface area contributed by atoms with Crippen LogP contribution < -0.4 is 5.32 Å². The van der Waals surface area contributed by atoms with E-state index in [4.69, 9.17) is 0 Å². The van der Waals surface area contributed by atoms with Crippen molar-refractivity contribution in [3.63, 3.8) is 0 Å². The molecule has 1 atom stereocenters. The van der Waals surface area contributed by atoms with Crippen LogP contribution in [0.15, 0.2) is 70.5 Å². The lowest BCUT2D eigenvalue weighted by molar-refractivity contribution is -0.115. The zero-order valence-electron chi connectivity index (χ0n) is 12.6. The van der Waals surface area contributed by atoms with E-state index in [0.717, 1.165) is 15.6 Å². The second-order valence-electron chi connectivity index (χ2n) is 5.06. The van der Waals surface area contributed by atoms with E-state index in [0.29, 0.717) is 0 Å². The summed E-state index contributed by atoms with van der Waals surface area (Å²) in [5.74, 6) is -0.0414. The third kappa shape index (κ3) is 4.21. The number of nitrogens with one attached hydrogen (secondary N) is 1. The van der Waals surface area contributed by atoms with Crippen molar-refractivity contribution in [2.75, 3.05) is 5.32 Å². The van der Waals surface area contributed by atoms with Gasteiger partial charge in [0.25, 0.3) is 0 Å². The molecular formula is C18H16N2OS2. The average molecular weight is 340 g/mol. The van der Waals surface area contributed by atoms with Crippen molar-refractivity contribution in [1.29, 1.82) is 0 Å². The van der Waals surface area contributed by atoms with E-state index in [-0.39, 0.29) is 11.2 Å². The molecule has 0 radical (unpaired) electrons. The van der Waals surface area contributed by atoms with Crippen molar-refractivity contribution in [2.45, 2.75) is 16.5 Å². The van der Waals surface area contributed by atoms with Crippen molar-refractivity contribution in [3.8, 4) is 0 Å². The Bertz CT molecular complexity index is 755. The van der Waals surface area contributed by atoms with Gasteiger partial charge >= 0.3 is 0 Å². The number of hydrogen-bond donors (Lipinski definition) is 1. The van der Waals surface area contributed by atoms with Crippen LogP contribution in [0.4, 0.5) is 5.69 Å². The molecule has 0 aliphatic rings. The van der Waals surface area contributed by atoms with Crippen LogP contribution in [0.25, 0.3) is 0 Å². The molecular weight excluding hydrogens is 324 g/mol. The van der Waals surface area contributed by atoms with Gasteiger partial charge in [-0.1, -0.05) is 59.8 Å². The van der Waals surface area contributed by atoms with E-state index in [1.165, 1.54) is 17.3 Å². The second-order valence-corrected chi connectivity index (χ2v) is 7.31. The van der Waals surface area contributed by atoms with E-state index in [2.05, 4.69) is 10.3 Å². The Morgan fingerprint density at radius 1 is 1.13 bits per heavy atom. The first-order valence-electron chi connectivity index (χ1n) is 7.21. The number of aromatic nitrogens is 1. The Kier molecular flexibility index (Phi) is 5.10. The first kappa shape index (κ1) is 15.8. The van der Waals surface area contributed by atoms with Crippen LogP contribution in [-0.2, 0) is 4.79 Å². The Hall–Kier alpha value is -2.11. The molecule has 1 heterocycles. The minimum absolute atomic E-state index is 0.0414. The monoisotopic (exact) mass is 340 g/mol. The number of rotatable bonds is 5. The van der Waals surface area contributed by atoms with Gasteiger partial charge in [0.2, 0.25) is 5.91 Å². The van der Waals surface area contributed by atoms with Crippen molar-refractivity contribution >= 4 is 34.7 Å². The van der Waals surface area contributed by atoms with Crippen LogP contribution in [0.2, 0.25) is 0 Å². The SMILES string of the molecule is Cc1ccc(NC(=O)C(Sc2nccs2)c2ccccc2)cc1. The number of benzene rings is 2. The molecule has 3 nitrogen and oxygen atoms in total. The minimum atomic E-state index is -0.330. The van der Waals surface area contributed by atoms with Crippen molar-refractivity contribution < 1.29 is 4.79 Å². The lowest BCUT2D eigenvalue weighted by atomic mass is 10.1. The third-order valence-electron chi connectivity index (χ3n) is 3.29. The Morgan fingerprint density at radius 3 is 2.52 bits per heavy atom. The van der Waals surface area contributed by atoms with Crippen LogP contribution in [-0.4, -0.2) is 10.9 Å². The van der Waals surface area contributed by atoms with Crippen molar-refractivity contribution in [3.05, 3.63) is 77.3 Å². The fraction of sp³-hybridized carbons (Fsp3) is 0.111. The summed E-state index contributed by atoms with van der Waals surface area (Å²) in [6.45, 7) is 2.02. The fourth-order valence-electron chi connectivity index (χ4n) is 2.11. The summed E-state index contributed by atoms with van der Waals surface area (Å²) in [6.07, 6.45) is 1.76. The molecule has 1 N–H and O–H groups in total. The first-order chi connectivity index (χ1) is 11.2. The first-order valence-corrected chi connectivity index (χ1v) is 8.97. The summed E-state index contributed by atoms with van der Waals surface area (Å²) in [4.78, 5) is 17.1. The standard InChI is InChI=1S/C18H16N2OS2/c1-13-7-9-15(10-8-13)20-17(21)16(14-5-3-2-4-6-14)23-18-19-11-12-22-18/h2-12,16H,1H3,(H,20,21). The molecule has 0 fully saturated rings. The lowest BCUT2D eigenvalue weighted by Crippen LogP contribution is -2.19. The van der Waals surface area contributed by atoms with E-state index in [1.807, 2.05) is 66.9 Å². The largest absolute Gasteiger partial charge is 0.325 e. The van der Waals surface area contributed by atoms with Gasteiger partial charge < -0.3 is 5.32 Å². The molecule has 0 saturated heterocycles. The number of amides is 1. The molecule has 2 aromatic carbocycles. The quantitative estimate of drug-likeness (QED) is 0.670. The highest BCUT2D eigenvalue weighted by atomic mass is 32.2. The topological polar surface area (TPSA) is 42.0 Å². The predicted molar refractivity (Wildman–Crippen MR) is 97.0 cm³/mol. The van der Waals surface area contributed by atoms with E-state index in [1.54, 1.807) is 17.5 Å². The molecule has 3 rings (SSSR count). The van der Waals surface area contributed by atoms with E-state index >= 15 is 0 Å². The molecule has 1 amide bonds. The summed E-state index contributed by atoms with van der Waals surface area (Å²) < 4.78 is 0.887. The number of anilines is 1. The number of aryl methyl sites for hydroxylation is 1. The maximum Gasteiger partial charge on any atom is 0.242 e. The molecule has 116 valence electrons. The minimum Gasteiger partial charge on any atom is -0.325 e. The van der Waals surface area contributed by atoms with E-state index < -0.39 is 0 Å². The number of carbonyl (C=O) groups is 1. The van der Waals surface area contributed by atoms with Crippen LogP contribution in [0, 0.1) is 6.92 Å². The third-order valence-corrected chi connectivity index (χ3v) is 5.46. The summed E-state index contributed by atoms with van der Waals surface area (Å²) in [5, 5.41) is 4.59. The van der Waals surface area contributed by atoms with Gasteiger partial charge in [-0.25, -0.2) is 4.98 Å². The molecule has 0 aliphatic carbocycles. The van der Waals surface area contributed by atoms with Crippen LogP contribution >= 0.6 is 23.1 Å². The molecule has 0 bridgehead atoms. The number of thiazole rings is 1. The van der Waals surface area contributed by atoms with Crippen LogP contribution in [0.3, 0.4) is 0 Å². The normalized spacial score (nSPS) is 11.9. The summed E-state index contributed by atoms with van der Waals surface area (Å²) >= 11 is 3.02. The van der Waals surface area contributed by atoms with Crippen LogP contribution in [0.1, 0.15) is 16.4 Å². The predicted octanol–water partition coefficient (Wildman–Crippen LogP) is 4.92. The molecule has 1 aromatic heterocycles. The average Bonchev–Trinajstić information content (AvgIpc) is 3.09. The molecule has 0 aliphatic heterocycles. The molecule has 1 unspecified atom stereocenters. The second kappa shape index (κ2) is 7.44. The number of thioether (sulfide) groups is 1. The fourth-order valence-corrected chi connectivity index (χ4v) is 3.93. The molecule has 0 saturated carbocycles. The van der Waals surface area contributed by atoms with Gasteiger partial charge in [0, 0.05) is 17.3 Å². The summed E-state index contributed by atoms with van der Waals surface area (Å²) in [6, 6.07) is 17.6. The van der Waals surface area contributed by atoms with Crippen molar-refractivity contribution in [2.24, 2.45) is 0 Å². The van der Waals surface area contributed by atoms with Gasteiger partial charge in [-0.05, 0) is 24.6 Å². The highest BCUT2D eigenvalue weighted by Crippen LogP contribution is 2.37. The molecule has 0 spiro atoms. The Morgan fingerprint density at radius 2 is 1.87 bits per heavy atom. The van der Waals surface area contributed by atoms with Gasteiger partial charge in [0.1, 0.15) is 5.25 Å². The van der Waals surface area contributed by atoms with Crippen molar-refractivity contribution in [1.82, 2.24) is 4.98 Å². The van der Waals surface area contributed by atoms with Gasteiger partial charge in [-0.2, -0.15) is 0 Å². The van der Waals surface area contributed by atoms with Gasteiger partial charge in [0.05, 0.1) is 0 Å². The Balaban J connectivity index is 1.82. The molecule has 23 heavy (non-hydrogen) atoms. The van der Waals surface area contributed by atoms with Gasteiger partial charge in [-0.15, -0.1) is 11.3 Å². The zero-order chi connectivity index (χ0) is 16.1. The highest BCUT2D eigenvalue weighted by Gasteiger charge is 2.23. The molecule has 5 heteroatoms. The number of hydrogen-bond acceptors (Lipinski definition) is 4. The van der Waals surface area contributed by atoms with E-state index in [9.17, 15) is 4.79 Å².